The third-order valence-electron chi connectivity index (χ3n) is 6.52. The topological polar surface area (TPSA) is 86.1 Å². The van der Waals surface area contributed by atoms with E-state index in [1.54, 1.807) is 12.1 Å². The predicted octanol–water partition coefficient (Wildman–Crippen LogP) is 3.85. The Labute approximate surface area is 200 Å². The molecule has 1 N–H and O–H groups in total. The standard InChI is InChI=1S/C26H34N4O4/c1-19(2)24(31)27-20-9-10-22(21(18-20)25(32)29-11-4-3-5-12-29)28-13-7-14-30(16-15-28)26(33)23-8-6-17-34-23/h6,8-10,17-19H,3-5,7,11-16H2,1-2H3,(H,27,31). The lowest BCUT2D eigenvalue weighted by Gasteiger charge is -2.30. The van der Waals surface area contributed by atoms with E-state index in [4.69, 9.17) is 4.42 Å². The summed E-state index contributed by atoms with van der Waals surface area (Å²) in [5, 5.41) is 2.93. The summed E-state index contributed by atoms with van der Waals surface area (Å²) < 4.78 is 5.29. The highest BCUT2D eigenvalue weighted by molar-refractivity contribution is 6.02. The van der Waals surface area contributed by atoms with Crippen molar-refractivity contribution in [1.82, 2.24) is 9.80 Å². The lowest BCUT2D eigenvalue weighted by Crippen LogP contribution is -2.38. The first kappa shape index (κ1) is 23.9. The van der Waals surface area contributed by atoms with Gasteiger partial charge in [0.25, 0.3) is 11.8 Å². The molecule has 0 bridgehead atoms. The lowest BCUT2D eigenvalue weighted by atomic mass is 10.1. The van der Waals surface area contributed by atoms with Gasteiger partial charge < -0.3 is 24.4 Å². The van der Waals surface area contributed by atoms with Gasteiger partial charge in [0.15, 0.2) is 5.76 Å². The molecule has 8 heteroatoms. The zero-order chi connectivity index (χ0) is 24.1. The average Bonchev–Trinajstić information content (AvgIpc) is 3.28. The van der Waals surface area contributed by atoms with Gasteiger partial charge in [0.1, 0.15) is 0 Å². The molecule has 2 fully saturated rings. The van der Waals surface area contributed by atoms with E-state index in [1.165, 1.54) is 6.26 Å². The minimum atomic E-state index is -0.149. The number of likely N-dealkylation sites (tertiary alicyclic amines) is 1. The number of amides is 3. The second-order valence-electron chi connectivity index (χ2n) is 9.34. The van der Waals surface area contributed by atoms with E-state index >= 15 is 0 Å². The molecule has 0 radical (unpaired) electrons. The highest BCUT2D eigenvalue weighted by Crippen LogP contribution is 2.28. The smallest absolute Gasteiger partial charge is 0.289 e. The summed E-state index contributed by atoms with van der Waals surface area (Å²) in [4.78, 5) is 44.5. The van der Waals surface area contributed by atoms with Crippen LogP contribution in [0.5, 0.6) is 0 Å². The average molecular weight is 467 g/mol. The van der Waals surface area contributed by atoms with Crippen LogP contribution in [0.4, 0.5) is 11.4 Å². The van der Waals surface area contributed by atoms with E-state index in [2.05, 4.69) is 10.2 Å². The SMILES string of the molecule is CC(C)C(=O)Nc1ccc(N2CCCN(C(=O)c3ccco3)CC2)c(C(=O)N2CCCCC2)c1. The van der Waals surface area contributed by atoms with E-state index in [0.29, 0.717) is 36.6 Å². The zero-order valence-corrected chi connectivity index (χ0v) is 20.1. The van der Waals surface area contributed by atoms with Crippen molar-refractivity contribution in [3.05, 3.63) is 47.9 Å². The molecule has 8 nitrogen and oxygen atoms in total. The molecule has 2 saturated heterocycles. The molecule has 3 amide bonds. The molecule has 2 aliphatic heterocycles. The summed E-state index contributed by atoms with van der Waals surface area (Å²) in [5.41, 5.74) is 2.09. The minimum Gasteiger partial charge on any atom is -0.459 e. The molecule has 34 heavy (non-hydrogen) atoms. The second-order valence-corrected chi connectivity index (χ2v) is 9.34. The Morgan fingerprint density at radius 3 is 2.29 bits per heavy atom. The maximum Gasteiger partial charge on any atom is 0.289 e. The van der Waals surface area contributed by atoms with Crippen molar-refractivity contribution in [2.75, 3.05) is 49.5 Å². The van der Waals surface area contributed by atoms with Crippen LogP contribution < -0.4 is 10.2 Å². The predicted molar refractivity (Wildman–Crippen MR) is 131 cm³/mol. The first-order valence-electron chi connectivity index (χ1n) is 12.3. The Balaban J connectivity index is 1.57. The van der Waals surface area contributed by atoms with Crippen LogP contribution >= 0.6 is 0 Å². The quantitative estimate of drug-likeness (QED) is 0.723. The van der Waals surface area contributed by atoms with Gasteiger partial charge in [0, 0.05) is 56.6 Å². The van der Waals surface area contributed by atoms with Crippen LogP contribution in [0, 0.1) is 5.92 Å². The summed E-state index contributed by atoms with van der Waals surface area (Å²) >= 11 is 0. The van der Waals surface area contributed by atoms with Gasteiger partial charge in [-0.3, -0.25) is 14.4 Å². The number of piperidine rings is 1. The van der Waals surface area contributed by atoms with Crippen LogP contribution in [0.3, 0.4) is 0 Å². The van der Waals surface area contributed by atoms with Crippen molar-refractivity contribution in [3.8, 4) is 0 Å². The van der Waals surface area contributed by atoms with Crippen molar-refractivity contribution in [3.63, 3.8) is 0 Å². The molecular formula is C26H34N4O4. The first-order valence-corrected chi connectivity index (χ1v) is 12.3. The summed E-state index contributed by atoms with van der Waals surface area (Å²) in [6.45, 7) is 7.73. The minimum absolute atomic E-state index is 0.00288. The van der Waals surface area contributed by atoms with E-state index in [9.17, 15) is 14.4 Å². The number of rotatable bonds is 5. The van der Waals surface area contributed by atoms with Crippen molar-refractivity contribution < 1.29 is 18.8 Å². The molecule has 2 aliphatic rings. The van der Waals surface area contributed by atoms with Crippen LogP contribution in [-0.2, 0) is 4.79 Å². The number of nitrogens with zero attached hydrogens (tertiary/aromatic N) is 3. The van der Waals surface area contributed by atoms with Gasteiger partial charge >= 0.3 is 0 Å². The molecule has 2 aromatic rings. The summed E-state index contributed by atoms with van der Waals surface area (Å²) in [5.74, 6) is 0.0150. The van der Waals surface area contributed by atoms with Gasteiger partial charge in [-0.15, -0.1) is 0 Å². The zero-order valence-electron chi connectivity index (χ0n) is 20.1. The van der Waals surface area contributed by atoms with Crippen molar-refractivity contribution in [1.29, 1.82) is 0 Å². The molecule has 0 aliphatic carbocycles. The number of furan rings is 1. The Kier molecular flexibility index (Phi) is 7.55. The first-order chi connectivity index (χ1) is 16.4. The number of benzene rings is 1. The largest absolute Gasteiger partial charge is 0.459 e. The molecule has 1 aromatic carbocycles. The maximum atomic E-state index is 13.6. The number of carbonyl (C=O) groups is 3. The van der Waals surface area contributed by atoms with Crippen LogP contribution in [-0.4, -0.2) is 66.8 Å². The number of nitrogens with one attached hydrogen (secondary N) is 1. The number of carbonyl (C=O) groups excluding carboxylic acids is 3. The van der Waals surface area contributed by atoms with Gasteiger partial charge in [-0.1, -0.05) is 13.8 Å². The van der Waals surface area contributed by atoms with E-state index in [1.807, 2.05) is 41.8 Å². The molecular weight excluding hydrogens is 432 g/mol. The van der Waals surface area contributed by atoms with Gasteiger partial charge in [-0.05, 0) is 56.0 Å². The van der Waals surface area contributed by atoms with Gasteiger partial charge in [0.2, 0.25) is 5.91 Å². The van der Waals surface area contributed by atoms with E-state index in [0.717, 1.165) is 51.0 Å². The van der Waals surface area contributed by atoms with Crippen LogP contribution in [0.2, 0.25) is 0 Å². The Bertz CT molecular complexity index is 1010. The van der Waals surface area contributed by atoms with Gasteiger partial charge in [-0.2, -0.15) is 0 Å². The van der Waals surface area contributed by atoms with Crippen molar-refractivity contribution in [2.24, 2.45) is 5.92 Å². The van der Waals surface area contributed by atoms with Crippen molar-refractivity contribution in [2.45, 2.75) is 39.5 Å². The molecule has 182 valence electrons. The fourth-order valence-corrected chi connectivity index (χ4v) is 4.53. The van der Waals surface area contributed by atoms with Crippen LogP contribution in [0.1, 0.15) is 60.4 Å². The maximum absolute atomic E-state index is 13.6. The molecule has 0 spiro atoms. The van der Waals surface area contributed by atoms with Gasteiger partial charge in [-0.25, -0.2) is 0 Å². The van der Waals surface area contributed by atoms with Crippen LogP contribution in [0.15, 0.2) is 41.0 Å². The molecule has 0 unspecified atom stereocenters. The third kappa shape index (κ3) is 5.43. The Morgan fingerprint density at radius 1 is 0.853 bits per heavy atom. The summed E-state index contributed by atoms with van der Waals surface area (Å²) in [6.07, 6.45) is 5.47. The normalized spacial score (nSPS) is 17.0. The third-order valence-corrected chi connectivity index (χ3v) is 6.52. The summed E-state index contributed by atoms with van der Waals surface area (Å²) in [7, 11) is 0. The molecule has 4 rings (SSSR count). The highest BCUT2D eigenvalue weighted by atomic mass is 16.3. The molecule has 0 saturated carbocycles. The number of anilines is 2. The monoisotopic (exact) mass is 466 g/mol. The molecule has 3 heterocycles. The lowest BCUT2D eigenvalue weighted by molar-refractivity contribution is -0.118. The van der Waals surface area contributed by atoms with Crippen molar-refractivity contribution >= 4 is 29.1 Å². The van der Waals surface area contributed by atoms with E-state index in [-0.39, 0.29) is 23.6 Å². The number of hydrogen-bond acceptors (Lipinski definition) is 5. The van der Waals surface area contributed by atoms with E-state index < -0.39 is 0 Å². The molecule has 0 atom stereocenters. The second kappa shape index (κ2) is 10.8. The number of hydrogen-bond donors (Lipinski definition) is 1. The van der Waals surface area contributed by atoms with Crippen LogP contribution in [0.25, 0.3) is 0 Å². The Morgan fingerprint density at radius 2 is 1.59 bits per heavy atom. The fourth-order valence-electron chi connectivity index (χ4n) is 4.53. The Hall–Kier alpha value is -3.29. The van der Waals surface area contributed by atoms with Gasteiger partial charge in [0.05, 0.1) is 11.8 Å². The summed E-state index contributed by atoms with van der Waals surface area (Å²) in [6, 6.07) is 9.00. The molecule has 1 aromatic heterocycles. The highest BCUT2D eigenvalue weighted by Gasteiger charge is 2.27. The fraction of sp³-hybridized carbons (Fsp3) is 0.500.